The summed E-state index contributed by atoms with van der Waals surface area (Å²) in [5.74, 6) is -3.30. The van der Waals surface area contributed by atoms with E-state index in [4.69, 9.17) is 11.6 Å². The quantitative estimate of drug-likeness (QED) is 0.688. The van der Waals surface area contributed by atoms with Crippen LogP contribution in [-0.4, -0.2) is 18.2 Å². The van der Waals surface area contributed by atoms with Crippen LogP contribution in [0.25, 0.3) is 0 Å². The number of rotatable bonds is 3. The van der Waals surface area contributed by atoms with Gasteiger partial charge in [0.1, 0.15) is 5.82 Å². The summed E-state index contributed by atoms with van der Waals surface area (Å²) in [6.07, 6.45) is -4.69. The third-order valence-corrected chi connectivity index (χ3v) is 3.00. The van der Waals surface area contributed by atoms with Crippen LogP contribution in [0.15, 0.2) is 18.2 Å². The molecular formula is C11H8ClF4NO2. The smallest absolute Gasteiger partial charge is 0.363 e. The number of hydrogen-bond acceptors (Lipinski definition) is 3. The minimum absolute atomic E-state index is 0.0598. The van der Waals surface area contributed by atoms with E-state index in [1.54, 1.807) is 0 Å². The normalized spacial score (nSPS) is 22.2. The highest BCUT2D eigenvalue weighted by molar-refractivity contribution is 6.30. The zero-order chi connectivity index (χ0) is 14.2. The molecule has 1 N–H and O–H groups in total. The van der Waals surface area contributed by atoms with Crippen LogP contribution in [0, 0.1) is 5.82 Å². The van der Waals surface area contributed by atoms with Crippen molar-refractivity contribution in [1.29, 1.82) is 0 Å². The Balaban J connectivity index is 1.92. The maximum absolute atomic E-state index is 13.6. The number of benzene rings is 1. The van der Waals surface area contributed by atoms with Crippen LogP contribution in [-0.2, 0) is 9.63 Å². The van der Waals surface area contributed by atoms with Gasteiger partial charge in [-0.3, -0.25) is 0 Å². The van der Waals surface area contributed by atoms with Gasteiger partial charge in [-0.25, -0.2) is 9.18 Å². The maximum Gasteiger partial charge on any atom is 0.492 e. The van der Waals surface area contributed by atoms with Gasteiger partial charge in [-0.15, -0.1) is 5.48 Å². The van der Waals surface area contributed by atoms with Crippen molar-refractivity contribution in [2.45, 2.75) is 24.6 Å². The zero-order valence-electron chi connectivity index (χ0n) is 9.30. The number of nitrogens with one attached hydrogen (secondary N) is 1. The van der Waals surface area contributed by atoms with E-state index in [-0.39, 0.29) is 16.5 Å². The van der Waals surface area contributed by atoms with Gasteiger partial charge in [-0.1, -0.05) is 23.7 Å². The van der Waals surface area contributed by atoms with Crippen LogP contribution in [0.5, 0.6) is 0 Å². The molecule has 0 bridgehead atoms. The molecule has 1 saturated carbocycles. The van der Waals surface area contributed by atoms with E-state index in [1.807, 2.05) is 5.48 Å². The van der Waals surface area contributed by atoms with Gasteiger partial charge in [-0.05, 0) is 18.1 Å². The van der Waals surface area contributed by atoms with Gasteiger partial charge in [0.15, 0.2) is 0 Å². The summed E-state index contributed by atoms with van der Waals surface area (Å²) >= 11 is 5.59. The van der Waals surface area contributed by atoms with Gasteiger partial charge in [0.25, 0.3) is 0 Å². The Morgan fingerprint density at radius 1 is 1.42 bits per heavy atom. The molecule has 0 heterocycles. The second-order valence-electron chi connectivity index (χ2n) is 4.10. The molecule has 1 aliphatic carbocycles. The first-order valence-electron chi connectivity index (χ1n) is 5.28. The lowest BCUT2D eigenvalue weighted by Gasteiger charge is -2.08. The van der Waals surface area contributed by atoms with E-state index in [0.717, 1.165) is 0 Å². The molecule has 1 fully saturated rings. The van der Waals surface area contributed by atoms with Crippen LogP contribution in [0.2, 0.25) is 5.02 Å². The maximum atomic E-state index is 13.6. The molecule has 1 aromatic carbocycles. The van der Waals surface area contributed by atoms with Crippen molar-refractivity contribution in [3.8, 4) is 0 Å². The van der Waals surface area contributed by atoms with Crippen molar-refractivity contribution < 1.29 is 27.2 Å². The summed E-state index contributed by atoms with van der Waals surface area (Å²) in [7, 11) is 0. The Hall–Kier alpha value is -1.34. The largest absolute Gasteiger partial charge is 0.492 e. The Morgan fingerprint density at radius 3 is 2.74 bits per heavy atom. The van der Waals surface area contributed by atoms with Crippen LogP contribution in [0.1, 0.15) is 17.9 Å². The first-order valence-corrected chi connectivity index (χ1v) is 5.66. The van der Waals surface area contributed by atoms with Crippen LogP contribution >= 0.6 is 11.6 Å². The second-order valence-corrected chi connectivity index (χ2v) is 4.50. The molecule has 104 valence electrons. The standard InChI is InChI=1S/C11H8ClF4NO2/c12-7-3-1-2-5(9(7)13)6-4-8(6)17-19-10(18)11(14,15)16/h1-3,6,8,17H,4H2. The Bertz CT molecular complexity index is 506. The molecule has 8 heteroatoms. The molecule has 0 spiro atoms. The predicted molar refractivity (Wildman–Crippen MR) is 57.8 cm³/mol. The number of hydroxylamine groups is 1. The van der Waals surface area contributed by atoms with E-state index in [0.29, 0.717) is 6.42 Å². The molecule has 1 aliphatic rings. The van der Waals surface area contributed by atoms with Crippen molar-refractivity contribution >= 4 is 17.6 Å². The Morgan fingerprint density at radius 2 is 2.11 bits per heavy atom. The molecule has 2 rings (SSSR count). The predicted octanol–water partition coefficient (Wildman–Crippen LogP) is 2.95. The molecule has 0 aromatic heterocycles. The van der Waals surface area contributed by atoms with E-state index in [2.05, 4.69) is 4.84 Å². The summed E-state index contributed by atoms with van der Waals surface area (Å²) in [5, 5.41) is -0.0598. The number of halogens is 5. The average Bonchev–Trinajstić information content (AvgIpc) is 3.07. The topological polar surface area (TPSA) is 38.3 Å². The summed E-state index contributed by atoms with van der Waals surface area (Å²) in [6.45, 7) is 0. The Kier molecular flexibility index (Phi) is 3.69. The molecule has 0 aliphatic heterocycles. The fourth-order valence-electron chi connectivity index (χ4n) is 1.66. The number of carbonyl (C=O) groups excluding carboxylic acids is 1. The number of alkyl halides is 3. The molecule has 1 aromatic rings. The van der Waals surface area contributed by atoms with Gasteiger partial charge in [0, 0.05) is 5.92 Å². The highest BCUT2D eigenvalue weighted by Crippen LogP contribution is 2.43. The SMILES string of the molecule is O=C(ONC1CC1c1cccc(Cl)c1F)C(F)(F)F. The highest BCUT2D eigenvalue weighted by Gasteiger charge is 2.45. The molecule has 19 heavy (non-hydrogen) atoms. The molecule has 3 nitrogen and oxygen atoms in total. The molecule has 2 unspecified atom stereocenters. The van der Waals surface area contributed by atoms with E-state index >= 15 is 0 Å². The summed E-state index contributed by atoms with van der Waals surface area (Å²) in [5.41, 5.74) is 2.26. The van der Waals surface area contributed by atoms with Crippen molar-refractivity contribution in [3.05, 3.63) is 34.6 Å². The van der Waals surface area contributed by atoms with Gasteiger partial charge < -0.3 is 4.84 Å². The third kappa shape index (κ3) is 3.16. The zero-order valence-corrected chi connectivity index (χ0v) is 10.1. The van der Waals surface area contributed by atoms with Crippen molar-refractivity contribution in [2.24, 2.45) is 0 Å². The highest BCUT2D eigenvalue weighted by atomic mass is 35.5. The van der Waals surface area contributed by atoms with Gasteiger partial charge in [0.2, 0.25) is 0 Å². The third-order valence-electron chi connectivity index (χ3n) is 2.71. The summed E-state index contributed by atoms with van der Waals surface area (Å²) in [4.78, 5) is 14.3. The van der Waals surface area contributed by atoms with E-state index in [1.165, 1.54) is 18.2 Å². The van der Waals surface area contributed by atoms with Crippen molar-refractivity contribution in [2.75, 3.05) is 0 Å². The summed E-state index contributed by atoms with van der Waals surface area (Å²) < 4.78 is 49.2. The van der Waals surface area contributed by atoms with E-state index in [9.17, 15) is 22.4 Å². The lowest BCUT2D eigenvalue weighted by Crippen LogP contribution is -2.32. The second kappa shape index (κ2) is 4.97. The minimum Gasteiger partial charge on any atom is -0.363 e. The molecular weight excluding hydrogens is 290 g/mol. The lowest BCUT2D eigenvalue weighted by molar-refractivity contribution is -0.207. The molecule has 0 amide bonds. The van der Waals surface area contributed by atoms with E-state index < -0.39 is 24.0 Å². The Labute approximate surface area is 110 Å². The van der Waals surface area contributed by atoms with Gasteiger partial charge in [-0.2, -0.15) is 13.2 Å². The van der Waals surface area contributed by atoms with Gasteiger partial charge in [0.05, 0.1) is 11.1 Å². The van der Waals surface area contributed by atoms with Gasteiger partial charge >= 0.3 is 12.1 Å². The van der Waals surface area contributed by atoms with Crippen LogP contribution < -0.4 is 5.48 Å². The first-order chi connectivity index (χ1) is 8.80. The first kappa shape index (κ1) is 14.1. The molecule has 2 atom stereocenters. The van der Waals surface area contributed by atoms with Crippen LogP contribution in [0.3, 0.4) is 0 Å². The molecule has 0 saturated heterocycles. The molecule has 0 radical (unpaired) electrons. The van der Waals surface area contributed by atoms with Crippen molar-refractivity contribution in [3.63, 3.8) is 0 Å². The monoisotopic (exact) mass is 297 g/mol. The minimum atomic E-state index is -5.06. The number of carbonyl (C=O) groups is 1. The fraction of sp³-hybridized carbons (Fsp3) is 0.364. The summed E-state index contributed by atoms with van der Waals surface area (Å²) in [6, 6.07) is 3.85. The average molecular weight is 298 g/mol. The fourth-order valence-corrected chi connectivity index (χ4v) is 1.84. The van der Waals surface area contributed by atoms with Crippen LogP contribution in [0.4, 0.5) is 17.6 Å². The van der Waals surface area contributed by atoms with Crippen molar-refractivity contribution in [1.82, 2.24) is 5.48 Å². The number of hydrogen-bond donors (Lipinski definition) is 1. The lowest BCUT2D eigenvalue weighted by atomic mass is 10.1.